The maximum Gasteiger partial charge on any atom is 0.251 e. The number of methoxy groups -OCH3 is 1. The Bertz CT molecular complexity index is 938. The van der Waals surface area contributed by atoms with Gasteiger partial charge in [-0.1, -0.05) is 19.3 Å². The standard InChI is InChI=1S/C26H34N4O4/c1-34-17-5-16-27-25(32)19-8-12-21(13-9-19)28-18-24(31)29-23-14-10-20(11-15-23)26(33)30-22-6-3-2-4-7-22/h8-15,22,28H,2-7,16-18H2,1H3,(H,27,32)(H,29,31)(H,30,33). The monoisotopic (exact) mass is 466 g/mol. The highest BCUT2D eigenvalue weighted by Gasteiger charge is 2.16. The van der Waals surface area contributed by atoms with Gasteiger partial charge in [0, 0.05) is 48.8 Å². The largest absolute Gasteiger partial charge is 0.385 e. The van der Waals surface area contributed by atoms with E-state index < -0.39 is 0 Å². The lowest BCUT2D eigenvalue weighted by molar-refractivity contribution is -0.114. The van der Waals surface area contributed by atoms with Crippen LogP contribution in [0.5, 0.6) is 0 Å². The van der Waals surface area contributed by atoms with Crippen molar-refractivity contribution in [2.75, 3.05) is 37.4 Å². The molecule has 3 rings (SSSR count). The minimum Gasteiger partial charge on any atom is -0.385 e. The molecular formula is C26H34N4O4. The summed E-state index contributed by atoms with van der Waals surface area (Å²) in [6.07, 6.45) is 6.41. The Morgan fingerprint density at radius 1 is 0.853 bits per heavy atom. The molecule has 2 aromatic carbocycles. The quantitative estimate of drug-likeness (QED) is 0.379. The second-order valence-corrected chi connectivity index (χ2v) is 8.47. The summed E-state index contributed by atoms with van der Waals surface area (Å²) in [7, 11) is 1.63. The lowest BCUT2D eigenvalue weighted by atomic mass is 9.95. The first-order valence-electron chi connectivity index (χ1n) is 11.9. The molecule has 2 aromatic rings. The summed E-state index contributed by atoms with van der Waals surface area (Å²) in [6.45, 7) is 1.23. The maximum absolute atomic E-state index is 12.4. The highest BCUT2D eigenvalue weighted by molar-refractivity contribution is 5.97. The fourth-order valence-electron chi connectivity index (χ4n) is 3.87. The molecule has 1 fully saturated rings. The molecule has 1 aliphatic carbocycles. The third-order valence-electron chi connectivity index (χ3n) is 5.78. The van der Waals surface area contributed by atoms with Crippen molar-refractivity contribution >= 4 is 29.1 Å². The van der Waals surface area contributed by atoms with E-state index in [1.54, 1.807) is 55.6 Å². The normalized spacial score (nSPS) is 13.7. The van der Waals surface area contributed by atoms with Crippen molar-refractivity contribution in [3.8, 4) is 0 Å². The number of benzene rings is 2. The second kappa shape index (κ2) is 13.3. The van der Waals surface area contributed by atoms with Gasteiger partial charge in [0.2, 0.25) is 5.91 Å². The average molecular weight is 467 g/mol. The number of carbonyl (C=O) groups is 3. The number of amides is 3. The van der Waals surface area contributed by atoms with Gasteiger partial charge >= 0.3 is 0 Å². The third-order valence-corrected chi connectivity index (χ3v) is 5.78. The van der Waals surface area contributed by atoms with E-state index in [9.17, 15) is 14.4 Å². The summed E-state index contributed by atoms with van der Waals surface area (Å²) in [5, 5.41) is 11.8. The number of anilines is 2. The molecule has 0 radical (unpaired) electrons. The molecule has 0 aliphatic heterocycles. The second-order valence-electron chi connectivity index (χ2n) is 8.47. The van der Waals surface area contributed by atoms with Crippen LogP contribution in [-0.2, 0) is 9.53 Å². The summed E-state index contributed by atoms with van der Waals surface area (Å²) in [6, 6.07) is 14.1. The molecule has 0 atom stereocenters. The predicted molar refractivity (Wildman–Crippen MR) is 133 cm³/mol. The van der Waals surface area contributed by atoms with Crippen LogP contribution >= 0.6 is 0 Å². The molecule has 8 nitrogen and oxygen atoms in total. The highest BCUT2D eigenvalue weighted by Crippen LogP contribution is 2.18. The summed E-state index contributed by atoms with van der Waals surface area (Å²) in [5.74, 6) is -0.422. The zero-order chi connectivity index (χ0) is 24.2. The van der Waals surface area contributed by atoms with Gasteiger partial charge in [-0.25, -0.2) is 0 Å². The van der Waals surface area contributed by atoms with Crippen molar-refractivity contribution in [1.82, 2.24) is 10.6 Å². The molecule has 1 aliphatic rings. The summed E-state index contributed by atoms with van der Waals surface area (Å²) in [4.78, 5) is 36.8. The topological polar surface area (TPSA) is 109 Å². The number of hydrogen-bond donors (Lipinski definition) is 4. The van der Waals surface area contributed by atoms with Crippen LogP contribution in [0.15, 0.2) is 48.5 Å². The first-order chi connectivity index (χ1) is 16.5. The smallest absolute Gasteiger partial charge is 0.251 e. The molecular weight excluding hydrogens is 432 g/mol. The van der Waals surface area contributed by atoms with Crippen LogP contribution in [0.2, 0.25) is 0 Å². The Hall–Kier alpha value is -3.39. The Labute approximate surface area is 200 Å². The number of hydrogen-bond acceptors (Lipinski definition) is 5. The Kier molecular flexibility index (Phi) is 9.91. The predicted octanol–water partition coefficient (Wildman–Crippen LogP) is 3.57. The molecule has 1 saturated carbocycles. The molecule has 0 bridgehead atoms. The fraction of sp³-hybridized carbons (Fsp3) is 0.423. The Morgan fingerprint density at radius 2 is 1.47 bits per heavy atom. The molecule has 0 spiro atoms. The van der Waals surface area contributed by atoms with Crippen molar-refractivity contribution in [2.45, 2.75) is 44.6 Å². The van der Waals surface area contributed by atoms with Gasteiger partial charge in [0.15, 0.2) is 0 Å². The van der Waals surface area contributed by atoms with Gasteiger partial charge in [-0.15, -0.1) is 0 Å². The minimum atomic E-state index is -0.209. The zero-order valence-corrected chi connectivity index (χ0v) is 19.7. The van der Waals surface area contributed by atoms with Crippen molar-refractivity contribution in [2.24, 2.45) is 0 Å². The molecule has 182 valence electrons. The third kappa shape index (κ3) is 8.19. The van der Waals surface area contributed by atoms with Gasteiger partial charge in [-0.2, -0.15) is 0 Å². The number of ether oxygens (including phenoxy) is 1. The zero-order valence-electron chi connectivity index (χ0n) is 19.7. The van der Waals surface area contributed by atoms with E-state index in [4.69, 9.17) is 4.74 Å². The lowest BCUT2D eigenvalue weighted by Crippen LogP contribution is -2.36. The molecule has 34 heavy (non-hydrogen) atoms. The van der Waals surface area contributed by atoms with Crippen molar-refractivity contribution in [1.29, 1.82) is 0 Å². The van der Waals surface area contributed by atoms with Crippen molar-refractivity contribution in [3.05, 3.63) is 59.7 Å². The summed E-state index contributed by atoms with van der Waals surface area (Å²) in [5.41, 5.74) is 2.51. The minimum absolute atomic E-state index is 0.0708. The summed E-state index contributed by atoms with van der Waals surface area (Å²) < 4.78 is 4.96. The first kappa shape index (κ1) is 25.2. The Morgan fingerprint density at radius 3 is 2.12 bits per heavy atom. The van der Waals surface area contributed by atoms with Crippen molar-refractivity contribution in [3.63, 3.8) is 0 Å². The van der Waals surface area contributed by atoms with Gasteiger partial charge in [0.1, 0.15) is 0 Å². The van der Waals surface area contributed by atoms with E-state index in [2.05, 4.69) is 21.3 Å². The fourth-order valence-corrected chi connectivity index (χ4v) is 3.87. The van der Waals surface area contributed by atoms with Crippen molar-refractivity contribution < 1.29 is 19.1 Å². The highest BCUT2D eigenvalue weighted by atomic mass is 16.5. The number of rotatable bonds is 11. The van der Waals surface area contributed by atoms with Gasteiger partial charge in [-0.3, -0.25) is 14.4 Å². The number of nitrogens with one attached hydrogen (secondary N) is 4. The molecule has 0 aromatic heterocycles. The van der Waals surface area contributed by atoms with E-state index >= 15 is 0 Å². The van der Waals surface area contributed by atoms with Crippen LogP contribution in [0.1, 0.15) is 59.2 Å². The molecule has 8 heteroatoms. The molecule has 4 N–H and O–H groups in total. The van der Waals surface area contributed by atoms with Crippen LogP contribution in [0.25, 0.3) is 0 Å². The maximum atomic E-state index is 12.4. The van der Waals surface area contributed by atoms with E-state index in [1.807, 2.05) is 0 Å². The average Bonchev–Trinajstić information content (AvgIpc) is 2.86. The van der Waals surface area contributed by atoms with Gasteiger partial charge in [0.25, 0.3) is 11.8 Å². The number of carbonyl (C=O) groups excluding carboxylic acids is 3. The molecule has 0 unspecified atom stereocenters. The lowest BCUT2D eigenvalue weighted by Gasteiger charge is -2.22. The summed E-state index contributed by atoms with van der Waals surface area (Å²) >= 11 is 0. The molecule has 0 saturated heterocycles. The molecule has 0 heterocycles. The van der Waals surface area contributed by atoms with Crippen LogP contribution in [0.4, 0.5) is 11.4 Å². The SMILES string of the molecule is COCCCNC(=O)c1ccc(NCC(=O)Nc2ccc(C(=O)NC3CCCCC3)cc2)cc1. The van der Waals surface area contributed by atoms with Gasteiger partial charge in [-0.05, 0) is 67.8 Å². The van der Waals surface area contributed by atoms with Crippen LogP contribution in [0.3, 0.4) is 0 Å². The first-order valence-corrected chi connectivity index (χ1v) is 11.9. The van der Waals surface area contributed by atoms with Crippen LogP contribution in [-0.4, -0.2) is 50.6 Å². The van der Waals surface area contributed by atoms with E-state index in [0.717, 1.165) is 24.9 Å². The molecule has 3 amide bonds. The van der Waals surface area contributed by atoms with Crippen LogP contribution in [0, 0.1) is 0 Å². The Balaban J connectivity index is 1.40. The van der Waals surface area contributed by atoms with Gasteiger partial charge < -0.3 is 26.0 Å². The van der Waals surface area contributed by atoms with E-state index in [0.29, 0.717) is 30.0 Å². The van der Waals surface area contributed by atoms with E-state index in [1.165, 1.54) is 19.3 Å². The van der Waals surface area contributed by atoms with Crippen LogP contribution < -0.4 is 21.3 Å². The van der Waals surface area contributed by atoms with E-state index in [-0.39, 0.29) is 30.3 Å². The van der Waals surface area contributed by atoms with Gasteiger partial charge in [0.05, 0.1) is 6.54 Å².